The molecule has 0 spiro atoms. The lowest BCUT2D eigenvalue weighted by Gasteiger charge is -2.22. The number of nitrogens with zero attached hydrogens (tertiary/aromatic N) is 1. The Hall–Kier alpha value is -1.40. The Balaban J connectivity index is 2.48. The molecule has 1 saturated heterocycles. The molecule has 0 radical (unpaired) electrons. The monoisotopic (exact) mass is 225 g/mol. The van der Waals surface area contributed by atoms with Crippen LogP contribution in [0.15, 0.2) is 17.5 Å². The molecule has 6 heteroatoms. The van der Waals surface area contributed by atoms with E-state index in [0.29, 0.717) is 0 Å². The van der Waals surface area contributed by atoms with E-state index in [1.54, 1.807) is 6.07 Å². The van der Waals surface area contributed by atoms with Crippen molar-refractivity contribution in [3.63, 3.8) is 0 Å². The molecule has 80 valence electrons. The maximum absolute atomic E-state index is 11.9. The fourth-order valence-electron chi connectivity index (χ4n) is 1.63. The first-order chi connectivity index (χ1) is 7.12. The van der Waals surface area contributed by atoms with Gasteiger partial charge in [-0.25, -0.2) is 4.79 Å². The van der Waals surface area contributed by atoms with Crippen LogP contribution < -0.4 is 11.1 Å². The van der Waals surface area contributed by atoms with Crippen molar-refractivity contribution < 1.29 is 9.59 Å². The minimum atomic E-state index is -1.06. The lowest BCUT2D eigenvalue weighted by molar-refractivity contribution is -0.130. The predicted octanol–water partition coefficient (Wildman–Crippen LogP) is 0.0837. The first kappa shape index (κ1) is 10.1. The number of hydrogen-bond donors (Lipinski definition) is 2. The second-order valence-electron chi connectivity index (χ2n) is 3.38. The average Bonchev–Trinajstić information content (AvgIpc) is 2.82. The predicted molar refractivity (Wildman–Crippen MR) is 56.4 cm³/mol. The summed E-state index contributed by atoms with van der Waals surface area (Å²) in [6, 6.07) is 3.23. The van der Waals surface area contributed by atoms with Gasteiger partial charge in [0.25, 0.3) is 5.91 Å². The average molecular weight is 225 g/mol. The Morgan fingerprint density at radius 3 is 2.73 bits per heavy atom. The molecule has 5 nitrogen and oxygen atoms in total. The molecule has 1 aromatic rings. The summed E-state index contributed by atoms with van der Waals surface area (Å²) in [6.45, 7) is 0.0719. The normalized spacial score (nSPS) is 25.9. The Labute approximate surface area is 90.9 Å². The molecule has 1 aliphatic rings. The minimum Gasteiger partial charge on any atom is -0.327 e. The van der Waals surface area contributed by atoms with Gasteiger partial charge in [-0.15, -0.1) is 11.3 Å². The molecular formula is C9H11N3O2S. The molecule has 1 aliphatic heterocycles. The summed E-state index contributed by atoms with van der Waals surface area (Å²) in [4.78, 5) is 25.2. The van der Waals surface area contributed by atoms with Crippen molar-refractivity contribution in [2.45, 2.75) is 5.54 Å². The third-order valence-electron chi connectivity index (χ3n) is 2.54. The van der Waals surface area contributed by atoms with Crippen LogP contribution in [0.4, 0.5) is 4.79 Å². The third-order valence-corrected chi connectivity index (χ3v) is 3.57. The van der Waals surface area contributed by atoms with Crippen LogP contribution in [0.1, 0.15) is 4.88 Å². The number of rotatable bonds is 2. The molecule has 2 rings (SSSR count). The van der Waals surface area contributed by atoms with E-state index in [1.165, 1.54) is 18.4 Å². The number of hydrogen-bond acceptors (Lipinski definition) is 4. The fourth-order valence-corrected chi connectivity index (χ4v) is 2.51. The molecule has 0 aromatic carbocycles. The molecule has 15 heavy (non-hydrogen) atoms. The first-order valence-corrected chi connectivity index (χ1v) is 5.34. The number of nitrogens with two attached hydrogens (primary N) is 1. The standard InChI is InChI=1S/C9H11N3O2S/c1-12-7(13)9(5-10,11-8(12)14)6-3-2-4-15-6/h2-4H,5,10H2,1H3,(H,11,14). The number of carbonyl (C=O) groups excluding carboxylic acids is 2. The summed E-state index contributed by atoms with van der Waals surface area (Å²) in [5.74, 6) is -0.294. The maximum Gasteiger partial charge on any atom is 0.325 e. The molecule has 2 heterocycles. The van der Waals surface area contributed by atoms with Crippen LogP contribution in [0, 0.1) is 0 Å². The molecule has 1 atom stereocenters. The molecule has 1 aromatic heterocycles. The first-order valence-electron chi connectivity index (χ1n) is 4.46. The van der Waals surface area contributed by atoms with Crippen LogP contribution in [0.25, 0.3) is 0 Å². The van der Waals surface area contributed by atoms with E-state index in [1.807, 2.05) is 11.4 Å². The highest BCUT2D eigenvalue weighted by molar-refractivity contribution is 7.10. The van der Waals surface area contributed by atoms with Crippen molar-refractivity contribution in [2.24, 2.45) is 5.73 Å². The van der Waals surface area contributed by atoms with Gasteiger partial charge in [-0.1, -0.05) is 6.07 Å². The smallest absolute Gasteiger partial charge is 0.325 e. The van der Waals surface area contributed by atoms with E-state index >= 15 is 0 Å². The lowest BCUT2D eigenvalue weighted by Crippen LogP contribution is -2.49. The van der Waals surface area contributed by atoms with Crippen LogP contribution in [0.5, 0.6) is 0 Å². The molecular weight excluding hydrogens is 214 g/mol. The Morgan fingerprint density at radius 1 is 1.60 bits per heavy atom. The summed E-state index contributed by atoms with van der Waals surface area (Å²) in [7, 11) is 1.45. The van der Waals surface area contributed by atoms with Crippen LogP contribution in [0.2, 0.25) is 0 Å². The van der Waals surface area contributed by atoms with Crippen molar-refractivity contribution in [1.82, 2.24) is 10.2 Å². The van der Waals surface area contributed by atoms with Crippen LogP contribution in [-0.2, 0) is 10.3 Å². The van der Waals surface area contributed by atoms with Gasteiger partial charge in [-0.3, -0.25) is 9.69 Å². The van der Waals surface area contributed by atoms with Crippen LogP contribution in [-0.4, -0.2) is 30.4 Å². The van der Waals surface area contributed by atoms with Gasteiger partial charge in [0.05, 0.1) is 0 Å². The van der Waals surface area contributed by atoms with Crippen molar-refractivity contribution >= 4 is 23.3 Å². The van der Waals surface area contributed by atoms with E-state index in [0.717, 1.165) is 9.78 Å². The minimum absolute atomic E-state index is 0.0719. The van der Waals surface area contributed by atoms with Gasteiger partial charge >= 0.3 is 6.03 Å². The highest BCUT2D eigenvalue weighted by Gasteiger charge is 2.50. The zero-order chi connectivity index (χ0) is 11.1. The molecule has 0 aliphatic carbocycles. The SMILES string of the molecule is CN1C(=O)NC(CN)(c2cccs2)C1=O. The molecule has 1 unspecified atom stereocenters. The Morgan fingerprint density at radius 2 is 2.33 bits per heavy atom. The van der Waals surface area contributed by atoms with Crippen molar-refractivity contribution in [2.75, 3.05) is 13.6 Å². The molecule has 0 saturated carbocycles. The summed E-state index contributed by atoms with van der Waals surface area (Å²) >= 11 is 1.41. The van der Waals surface area contributed by atoms with Gasteiger partial charge in [0, 0.05) is 18.5 Å². The van der Waals surface area contributed by atoms with E-state index in [2.05, 4.69) is 5.32 Å². The number of carbonyl (C=O) groups is 2. The van der Waals surface area contributed by atoms with Gasteiger partial charge in [0.2, 0.25) is 0 Å². The second-order valence-corrected chi connectivity index (χ2v) is 4.33. The number of nitrogens with one attached hydrogen (secondary N) is 1. The van der Waals surface area contributed by atoms with E-state index < -0.39 is 11.6 Å². The summed E-state index contributed by atoms with van der Waals surface area (Å²) in [6.07, 6.45) is 0. The molecule has 3 amide bonds. The largest absolute Gasteiger partial charge is 0.327 e. The number of thiophene rings is 1. The third kappa shape index (κ3) is 1.25. The lowest BCUT2D eigenvalue weighted by atomic mass is 9.98. The topological polar surface area (TPSA) is 75.4 Å². The highest BCUT2D eigenvalue weighted by Crippen LogP contribution is 2.30. The van der Waals surface area contributed by atoms with Crippen molar-refractivity contribution in [1.29, 1.82) is 0 Å². The Kier molecular flexibility index (Phi) is 2.24. The second kappa shape index (κ2) is 3.32. The number of amides is 3. The zero-order valence-electron chi connectivity index (χ0n) is 8.19. The van der Waals surface area contributed by atoms with Crippen LogP contribution >= 0.6 is 11.3 Å². The van der Waals surface area contributed by atoms with Gasteiger partial charge in [0.1, 0.15) is 0 Å². The quantitative estimate of drug-likeness (QED) is 0.700. The number of imide groups is 1. The van der Waals surface area contributed by atoms with E-state index in [-0.39, 0.29) is 12.5 Å². The molecule has 3 N–H and O–H groups in total. The highest BCUT2D eigenvalue weighted by atomic mass is 32.1. The van der Waals surface area contributed by atoms with Crippen LogP contribution in [0.3, 0.4) is 0 Å². The van der Waals surface area contributed by atoms with Crippen molar-refractivity contribution in [3.8, 4) is 0 Å². The Bertz CT molecular complexity index is 403. The van der Waals surface area contributed by atoms with E-state index in [4.69, 9.17) is 5.73 Å². The summed E-state index contributed by atoms with van der Waals surface area (Å²) in [5, 5.41) is 4.49. The number of likely N-dealkylation sites (N-methyl/N-ethyl adjacent to an activating group) is 1. The fraction of sp³-hybridized carbons (Fsp3) is 0.333. The number of urea groups is 1. The van der Waals surface area contributed by atoms with Gasteiger partial charge in [-0.2, -0.15) is 0 Å². The van der Waals surface area contributed by atoms with Gasteiger partial charge in [-0.05, 0) is 11.4 Å². The van der Waals surface area contributed by atoms with Gasteiger partial charge in [0.15, 0.2) is 5.54 Å². The van der Waals surface area contributed by atoms with Crippen molar-refractivity contribution in [3.05, 3.63) is 22.4 Å². The zero-order valence-corrected chi connectivity index (χ0v) is 9.00. The van der Waals surface area contributed by atoms with Gasteiger partial charge < -0.3 is 11.1 Å². The van der Waals surface area contributed by atoms with E-state index in [9.17, 15) is 9.59 Å². The summed E-state index contributed by atoms with van der Waals surface area (Å²) < 4.78 is 0. The maximum atomic E-state index is 11.9. The molecule has 1 fully saturated rings. The summed E-state index contributed by atoms with van der Waals surface area (Å²) in [5.41, 5.74) is 4.56. The molecule has 0 bridgehead atoms.